The molecule has 0 unspecified atom stereocenters. The minimum absolute atomic E-state index is 0.0501. The molecule has 14 rings (SSSR count). The van der Waals surface area contributed by atoms with Crippen LogP contribution in [-0.2, 0) is 16.2 Å². The third-order valence-corrected chi connectivity index (χ3v) is 16.8. The summed E-state index contributed by atoms with van der Waals surface area (Å²) in [5, 5.41) is 2.51. The van der Waals surface area contributed by atoms with E-state index in [1.807, 2.05) is 0 Å². The van der Waals surface area contributed by atoms with Gasteiger partial charge in [-0.25, -0.2) is 0 Å². The summed E-state index contributed by atoms with van der Waals surface area (Å²) in [6, 6.07) is 65.2. The normalized spacial score (nSPS) is 22.7. The molecule has 1 heteroatoms. The molecule has 6 aliphatic rings. The molecule has 0 heterocycles. The van der Waals surface area contributed by atoms with Crippen molar-refractivity contribution in [3.05, 3.63) is 198 Å². The van der Waals surface area contributed by atoms with Crippen molar-refractivity contribution in [3.63, 3.8) is 0 Å². The van der Waals surface area contributed by atoms with Crippen molar-refractivity contribution in [1.29, 1.82) is 0 Å². The third kappa shape index (κ3) is 5.48. The highest BCUT2D eigenvalue weighted by molar-refractivity contribution is 6.00. The van der Waals surface area contributed by atoms with Gasteiger partial charge in [0.25, 0.3) is 0 Å². The van der Waals surface area contributed by atoms with Crippen LogP contribution in [0.4, 0.5) is 17.1 Å². The van der Waals surface area contributed by atoms with Crippen LogP contribution in [0.1, 0.15) is 94.0 Å². The lowest BCUT2D eigenvalue weighted by Gasteiger charge is -2.57. The standard InChI is InChI=1S/C62H55N/c1-60(2)54-22-11-10-18-52(54)58-49(19-13-23-55(58)60)51-21-12-20-50-48-29-28-47(35-56(48)61(3,4)59(50)51)63(57-34-44-17-9-8-16-43(44)33-53(57)42-14-6-5-7-15-42)46-26-24-45(25-27-46)62-36-39-30-40(37-62)32-41(31-39)38-62/h5-29,33-35,39-41H,30-32,36-38H2,1-4H3. The number of fused-ring (bicyclic) bond motifs is 7. The van der Waals surface area contributed by atoms with E-state index in [9.17, 15) is 0 Å². The van der Waals surface area contributed by atoms with Crippen LogP contribution in [0.3, 0.4) is 0 Å². The van der Waals surface area contributed by atoms with E-state index in [0.717, 1.165) is 17.8 Å². The molecule has 63 heavy (non-hydrogen) atoms. The van der Waals surface area contributed by atoms with Crippen LogP contribution < -0.4 is 4.90 Å². The van der Waals surface area contributed by atoms with Gasteiger partial charge in [0.2, 0.25) is 0 Å². The predicted molar refractivity (Wildman–Crippen MR) is 264 cm³/mol. The van der Waals surface area contributed by atoms with Crippen molar-refractivity contribution in [1.82, 2.24) is 0 Å². The Balaban J connectivity index is 0.982. The molecule has 0 spiro atoms. The number of benzene rings is 8. The number of nitrogens with zero attached hydrogens (tertiary/aromatic N) is 1. The molecule has 4 bridgehead atoms. The van der Waals surface area contributed by atoms with Crippen LogP contribution in [0.25, 0.3) is 55.3 Å². The Bertz CT molecular complexity index is 3110. The van der Waals surface area contributed by atoms with Gasteiger partial charge in [-0.2, -0.15) is 0 Å². The van der Waals surface area contributed by atoms with E-state index in [4.69, 9.17) is 0 Å². The largest absolute Gasteiger partial charge is 0.310 e. The first-order chi connectivity index (χ1) is 30.7. The molecule has 4 fully saturated rings. The van der Waals surface area contributed by atoms with Gasteiger partial charge in [-0.15, -0.1) is 0 Å². The summed E-state index contributed by atoms with van der Waals surface area (Å²) in [7, 11) is 0. The Morgan fingerprint density at radius 3 is 1.71 bits per heavy atom. The second-order valence-electron chi connectivity index (χ2n) is 21.1. The van der Waals surface area contributed by atoms with Crippen molar-refractivity contribution < 1.29 is 0 Å². The van der Waals surface area contributed by atoms with E-state index in [0.29, 0.717) is 5.41 Å². The molecule has 0 N–H and O–H groups in total. The SMILES string of the molecule is CC1(C)c2ccccc2-c2c(-c3cccc4c3C(C)(C)c3cc(N(c5ccc(C67CC8CC(CC(C8)C6)C7)cc5)c5cc6ccccc6cc5-c5ccccc5)ccc3-4)cccc21. The summed E-state index contributed by atoms with van der Waals surface area (Å²) in [6.45, 7) is 9.70. The van der Waals surface area contributed by atoms with E-state index in [1.165, 1.54) is 133 Å². The summed E-state index contributed by atoms with van der Waals surface area (Å²) in [5.74, 6) is 2.76. The molecule has 0 atom stereocenters. The van der Waals surface area contributed by atoms with E-state index in [2.05, 4.69) is 202 Å². The summed E-state index contributed by atoms with van der Waals surface area (Å²) in [5.41, 5.74) is 21.5. The minimum Gasteiger partial charge on any atom is -0.310 e. The Labute approximate surface area is 373 Å². The van der Waals surface area contributed by atoms with Gasteiger partial charge in [-0.3, -0.25) is 0 Å². The van der Waals surface area contributed by atoms with Crippen molar-refractivity contribution >= 4 is 27.8 Å². The number of anilines is 3. The maximum atomic E-state index is 2.57. The van der Waals surface area contributed by atoms with Crippen LogP contribution in [0, 0.1) is 17.8 Å². The predicted octanol–water partition coefficient (Wildman–Crippen LogP) is 16.7. The molecule has 0 aliphatic heterocycles. The van der Waals surface area contributed by atoms with Crippen LogP contribution in [0.15, 0.2) is 170 Å². The lowest BCUT2D eigenvalue weighted by molar-refractivity contribution is -0.00518. The van der Waals surface area contributed by atoms with Crippen molar-refractivity contribution in [2.45, 2.75) is 82.5 Å². The molecule has 308 valence electrons. The maximum Gasteiger partial charge on any atom is 0.0546 e. The van der Waals surface area contributed by atoms with Crippen molar-refractivity contribution in [2.75, 3.05) is 4.90 Å². The van der Waals surface area contributed by atoms with E-state index in [-0.39, 0.29) is 10.8 Å². The van der Waals surface area contributed by atoms with Crippen LogP contribution in [-0.4, -0.2) is 0 Å². The molecule has 4 saturated carbocycles. The summed E-state index contributed by atoms with van der Waals surface area (Å²) < 4.78 is 0. The molecule has 0 amide bonds. The molecule has 0 saturated heterocycles. The second-order valence-corrected chi connectivity index (χ2v) is 21.1. The van der Waals surface area contributed by atoms with Gasteiger partial charge in [0.05, 0.1) is 5.69 Å². The van der Waals surface area contributed by atoms with Gasteiger partial charge in [0.1, 0.15) is 0 Å². The van der Waals surface area contributed by atoms with Gasteiger partial charge in [0.15, 0.2) is 0 Å². The molecular formula is C62H55N. The monoisotopic (exact) mass is 813 g/mol. The van der Waals surface area contributed by atoms with Gasteiger partial charge >= 0.3 is 0 Å². The molecule has 8 aromatic carbocycles. The Hall–Kier alpha value is -6.18. The Morgan fingerprint density at radius 1 is 0.413 bits per heavy atom. The van der Waals surface area contributed by atoms with Crippen molar-refractivity contribution in [3.8, 4) is 44.5 Å². The smallest absolute Gasteiger partial charge is 0.0546 e. The fraction of sp³-hybridized carbons (Fsp3) is 0.258. The Kier molecular flexibility index (Phi) is 7.96. The molecule has 0 aromatic heterocycles. The fourth-order valence-corrected chi connectivity index (χ4v) is 14.3. The second kappa shape index (κ2) is 13.4. The lowest BCUT2D eigenvalue weighted by Crippen LogP contribution is -2.48. The van der Waals surface area contributed by atoms with E-state index in [1.54, 1.807) is 5.56 Å². The van der Waals surface area contributed by atoms with Gasteiger partial charge in [-0.05, 0) is 176 Å². The van der Waals surface area contributed by atoms with Gasteiger partial charge in [0, 0.05) is 27.8 Å². The maximum absolute atomic E-state index is 2.57. The van der Waals surface area contributed by atoms with E-state index < -0.39 is 0 Å². The highest BCUT2D eigenvalue weighted by atomic mass is 15.1. The minimum atomic E-state index is -0.243. The summed E-state index contributed by atoms with van der Waals surface area (Å²) in [6.07, 6.45) is 8.54. The van der Waals surface area contributed by atoms with Crippen LogP contribution >= 0.6 is 0 Å². The molecule has 0 radical (unpaired) electrons. The molecule has 6 aliphatic carbocycles. The average molecular weight is 814 g/mol. The highest BCUT2D eigenvalue weighted by Crippen LogP contribution is 2.62. The number of hydrogen-bond donors (Lipinski definition) is 0. The zero-order valence-electron chi connectivity index (χ0n) is 37.1. The summed E-state index contributed by atoms with van der Waals surface area (Å²) >= 11 is 0. The molecule has 1 nitrogen and oxygen atoms in total. The van der Waals surface area contributed by atoms with Gasteiger partial charge in [-0.1, -0.05) is 161 Å². The van der Waals surface area contributed by atoms with Gasteiger partial charge < -0.3 is 4.90 Å². The number of rotatable bonds is 6. The summed E-state index contributed by atoms with van der Waals surface area (Å²) in [4.78, 5) is 2.57. The van der Waals surface area contributed by atoms with Crippen LogP contribution in [0.2, 0.25) is 0 Å². The zero-order chi connectivity index (χ0) is 42.2. The number of hydrogen-bond acceptors (Lipinski definition) is 1. The first kappa shape index (κ1) is 37.4. The quantitative estimate of drug-likeness (QED) is 0.162. The first-order valence-corrected chi connectivity index (χ1v) is 23.7. The van der Waals surface area contributed by atoms with Crippen LogP contribution in [0.5, 0.6) is 0 Å². The zero-order valence-corrected chi connectivity index (χ0v) is 37.1. The fourth-order valence-electron chi connectivity index (χ4n) is 14.3. The Morgan fingerprint density at radius 2 is 0.984 bits per heavy atom. The molecular weight excluding hydrogens is 759 g/mol. The first-order valence-electron chi connectivity index (χ1n) is 23.7. The topological polar surface area (TPSA) is 3.24 Å². The lowest BCUT2D eigenvalue weighted by atomic mass is 9.48. The highest BCUT2D eigenvalue weighted by Gasteiger charge is 2.51. The van der Waals surface area contributed by atoms with Crippen molar-refractivity contribution in [2.24, 2.45) is 17.8 Å². The average Bonchev–Trinajstić information content (AvgIpc) is 3.68. The van der Waals surface area contributed by atoms with E-state index >= 15 is 0 Å². The molecule has 8 aromatic rings. The third-order valence-electron chi connectivity index (χ3n) is 16.8.